The Morgan fingerprint density at radius 2 is 1.62 bits per heavy atom. The molecule has 0 saturated carbocycles. The van der Waals surface area contributed by atoms with Crippen molar-refractivity contribution >= 4 is 39.1 Å². The zero-order chi connectivity index (χ0) is 26.5. The molecular formula is C28H30N4O4S. The monoisotopic (exact) mass is 518 g/mol. The SMILES string of the molecule is Cc1ccc(CNC(=O)CCCn2c(=O)c3sccc3n(CC(=O)Nc3ccc(C)cc3C)c2=O)cc1. The Labute approximate surface area is 218 Å². The first kappa shape index (κ1) is 26.1. The van der Waals surface area contributed by atoms with Gasteiger partial charge in [-0.05, 0) is 55.8 Å². The largest absolute Gasteiger partial charge is 0.352 e. The summed E-state index contributed by atoms with van der Waals surface area (Å²) in [5.74, 6) is -0.513. The quantitative estimate of drug-likeness (QED) is 0.351. The van der Waals surface area contributed by atoms with Crippen molar-refractivity contribution in [3.63, 3.8) is 0 Å². The fraction of sp³-hybridized carbons (Fsp3) is 0.286. The Morgan fingerprint density at radius 1 is 0.892 bits per heavy atom. The molecule has 0 aliphatic heterocycles. The highest BCUT2D eigenvalue weighted by atomic mass is 32.1. The van der Waals surface area contributed by atoms with E-state index in [1.54, 1.807) is 11.4 Å². The summed E-state index contributed by atoms with van der Waals surface area (Å²) in [6, 6.07) is 15.3. The molecule has 0 bridgehead atoms. The lowest BCUT2D eigenvalue weighted by molar-refractivity contribution is -0.121. The van der Waals surface area contributed by atoms with Gasteiger partial charge in [0, 0.05) is 25.2 Å². The van der Waals surface area contributed by atoms with Crippen molar-refractivity contribution < 1.29 is 9.59 Å². The highest BCUT2D eigenvalue weighted by molar-refractivity contribution is 7.17. The first-order valence-electron chi connectivity index (χ1n) is 12.1. The van der Waals surface area contributed by atoms with Gasteiger partial charge >= 0.3 is 5.69 Å². The number of benzene rings is 2. The molecule has 2 aromatic carbocycles. The van der Waals surface area contributed by atoms with E-state index in [-0.39, 0.29) is 31.3 Å². The smallest absolute Gasteiger partial charge is 0.332 e. The van der Waals surface area contributed by atoms with E-state index in [2.05, 4.69) is 10.6 Å². The van der Waals surface area contributed by atoms with Gasteiger partial charge < -0.3 is 10.6 Å². The third-order valence-electron chi connectivity index (χ3n) is 6.19. The third kappa shape index (κ3) is 6.24. The molecule has 0 aliphatic carbocycles. The van der Waals surface area contributed by atoms with Gasteiger partial charge in [0.15, 0.2) is 0 Å². The second kappa shape index (κ2) is 11.4. The topological polar surface area (TPSA) is 102 Å². The van der Waals surface area contributed by atoms with Crippen molar-refractivity contribution in [2.75, 3.05) is 5.32 Å². The van der Waals surface area contributed by atoms with E-state index in [0.29, 0.717) is 28.9 Å². The number of anilines is 1. The summed E-state index contributed by atoms with van der Waals surface area (Å²) in [5.41, 5.74) is 4.30. The second-order valence-corrected chi connectivity index (χ2v) is 10.1. The van der Waals surface area contributed by atoms with Crippen LogP contribution in [0.2, 0.25) is 0 Å². The molecule has 4 aromatic rings. The van der Waals surface area contributed by atoms with Crippen LogP contribution in [0.4, 0.5) is 5.69 Å². The Kier molecular flexibility index (Phi) is 8.03. The number of fused-ring (bicyclic) bond motifs is 1. The maximum Gasteiger partial charge on any atom is 0.332 e. The van der Waals surface area contributed by atoms with Crippen LogP contribution in [-0.2, 0) is 29.2 Å². The number of hydrogen-bond acceptors (Lipinski definition) is 5. The fourth-order valence-electron chi connectivity index (χ4n) is 4.16. The molecule has 2 heterocycles. The van der Waals surface area contributed by atoms with Crippen LogP contribution in [0.1, 0.15) is 35.1 Å². The predicted octanol–water partition coefficient (Wildman–Crippen LogP) is 3.89. The summed E-state index contributed by atoms with van der Waals surface area (Å²) >= 11 is 1.23. The van der Waals surface area contributed by atoms with Crippen molar-refractivity contribution in [3.05, 3.63) is 97.0 Å². The maximum absolute atomic E-state index is 13.3. The van der Waals surface area contributed by atoms with Crippen LogP contribution in [-0.4, -0.2) is 20.9 Å². The average molecular weight is 519 g/mol. The molecule has 8 nitrogen and oxygen atoms in total. The molecule has 0 radical (unpaired) electrons. The fourth-order valence-corrected chi connectivity index (χ4v) is 5.01. The average Bonchev–Trinajstić information content (AvgIpc) is 3.35. The summed E-state index contributed by atoms with van der Waals surface area (Å²) in [4.78, 5) is 51.4. The molecule has 0 saturated heterocycles. The van der Waals surface area contributed by atoms with Gasteiger partial charge in [0.1, 0.15) is 11.2 Å². The van der Waals surface area contributed by atoms with Gasteiger partial charge in [-0.3, -0.25) is 23.5 Å². The minimum Gasteiger partial charge on any atom is -0.352 e. The molecule has 2 aromatic heterocycles. The first-order chi connectivity index (χ1) is 17.7. The van der Waals surface area contributed by atoms with E-state index in [0.717, 1.165) is 26.8 Å². The minimum absolute atomic E-state index is 0.0855. The molecule has 0 spiro atoms. The number of hydrogen-bond donors (Lipinski definition) is 2. The van der Waals surface area contributed by atoms with Crippen molar-refractivity contribution in [1.29, 1.82) is 0 Å². The van der Waals surface area contributed by atoms with Crippen molar-refractivity contribution in [2.45, 2.75) is 53.2 Å². The van der Waals surface area contributed by atoms with Crippen LogP contribution in [0.15, 0.2) is 63.5 Å². The van der Waals surface area contributed by atoms with Crippen molar-refractivity contribution in [2.24, 2.45) is 0 Å². The highest BCUT2D eigenvalue weighted by Gasteiger charge is 2.17. The van der Waals surface area contributed by atoms with E-state index < -0.39 is 11.2 Å². The van der Waals surface area contributed by atoms with Crippen LogP contribution in [0.25, 0.3) is 10.2 Å². The Hall–Kier alpha value is -3.98. The standard InChI is InChI=1S/C28H30N4O4S/c1-18-6-9-21(10-7-18)16-29-24(33)5-4-13-31-27(35)26-23(12-14-37-26)32(28(31)36)17-25(34)30-22-11-8-19(2)15-20(22)3/h6-12,14-15H,4-5,13,16-17H2,1-3H3,(H,29,33)(H,30,34). The molecule has 2 N–H and O–H groups in total. The number of rotatable bonds is 9. The Bertz CT molecular complexity index is 1560. The van der Waals surface area contributed by atoms with E-state index in [9.17, 15) is 19.2 Å². The normalized spacial score (nSPS) is 11.0. The lowest BCUT2D eigenvalue weighted by Gasteiger charge is -2.13. The Morgan fingerprint density at radius 3 is 2.35 bits per heavy atom. The van der Waals surface area contributed by atoms with E-state index in [1.807, 2.05) is 63.2 Å². The summed E-state index contributed by atoms with van der Waals surface area (Å²) < 4.78 is 2.85. The summed E-state index contributed by atoms with van der Waals surface area (Å²) in [6.45, 7) is 6.16. The second-order valence-electron chi connectivity index (χ2n) is 9.19. The van der Waals surface area contributed by atoms with Gasteiger partial charge in [0.25, 0.3) is 5.56 Å². The van der Waals surface area contributed by atoms with Gasteiger partial charge in [0.05, 0.1) is 5.52 Å². The molecule has 0 aliphatic rings. The molecule has 37 heavy (non-hydrogen) atoms. The number of amides is 2. The third-order valence-corrected chi connectivity index (χ3v) is 7.08. The summed E-state index contributed by atoms with van der Waals surface area (Å²) in [7, 11) is 0. The zero-order valence-corrected chi connectivity index (χ0v) is 22.0. The van der Waals surface area contributed by atoms with E-state index in [4.69, 9.17) is 0 Å². The van der Waals surface area contributed by atoms with Crippen LogP contribution in [0, 0.1) is 20.8 Å². The van der Waals surface area contributed by atoms with Gasteiger partial charge in [-0.15, -0.1) is 11.3 Å². The van der Waals surface area contributed by atoms with Crippen LogP contribution in [0.3, 0.4) is 0 Å². The highest BCUT2D eigenvalue weighted by Crippen LogP contribution is 2.18. The lowest BCUT2D eigenvalue weighted by atomic mass is 10.1. The molecule has 2 amide bonds. The number of thiophene rings is 1. The number of aromatic nitrogens is 2. The molecule has 0 atom stereocenters. The molecule has 0 fully saturated rings. The number of nitrogens with one attached hydrogen (secondary N) is 2. The molecule has 0 unspecified atom stereocenters. The van der Waals surface area contributed by atoms with Crippen molar-refractivity contribution in [3.8, 4) is 0 Å². The van der Waals surface area contributed by atoms with Crippen LogP contribution < -0.4 is 21.9 Å². The van der Waals surface area contributed by atoms with Gasteiger partial charge in [-0.1, -0.05) is 47.5 Å². The van der Waals surface area contributed by atoms with Crippen molar-refractivity contribution in [1.82, 2.24) is 14.5 Å². The molecular weight excluding hydrogens is 488 g/mol. The molecule has 9 heteroatoms. The minimum atomic E-state index is -0.563. The zero-order valence-electron chi connectivity index (χ0n) is 21.2. The van der Waals surface area contributed by atoms with Crippen LogP contribution >= 0.6 is 11.3 Å². The number of carbonyl (C=O) groups excluding carboxylic acids is 2. The number of aryl methyl sites for hydroxylation is 3. The predicted molar refractivity (Wildman–Crippen MR) is 147 cm³/mol. The first-order valence-corrected chi connectivity index (χ1v) is 13.0. The van der Waals surface area contributed by atoms with E-state index >= 15 is 0 Å². The van der Waals surface area contributed by atoms with Gasteiger partial charge in [0.2, 0.25) is 11.8 Å². The Balaban J connectivity index is 1.45. The molecule has 4 rings (SSSR count). The maximum atomic E-state index is 13.3. The molecule has 192 valence electrons. The van der Waals surface area contributed by atoms with Gasteiger partial charge in [-0.2, -0.15) is 0 Å². The number of carbonyl (C=O) groups is 2. The van der Waals surface area contributed by atoms with Crippen LogP contribution in [0.5, 0.6) is 0 Å². The number of nitrogens with zero attached hydrogens (tertiary/aromatic N) is 2. The van der Waals surface area contributed by atoms with Gasteiger partial charge in [-0.25, -0.2) is 4.79 Å². The summed E-state index contributed by atoms with van der Waals surface area (Å²) in [5, 5.41) is 7.45. The summed E-state index contributed by atoms with van der Waals surface area (Å²) in [6.07, 6.45) is 0.494. The lowest BCUT2D eigenvalue weighted by Crippen LogP contribution is -2.41. The van der Waals surface area contributed by atoms with E-state index in [1.165, 1.54) is 15.9 Å².